The summed E-state index contributed by atoms with van der Waals surface area (Å²) in [5, 5.41) is 15.5. The van der Waals surface area contributed by atoms with Crippen LogP contribution in [0.5, 0.6) is 0 Å². The lowest BCUT2D eigenvalue weighted by Gasteiger charge is -2.09. The molecule has 170 valence electrons. The molecule has 7 nitrogen and oxygen atoms in total. The van der Waals surface area contributed by atoms with E-state index in [1.807, 2.05) is 71.3 Å². The molecule has 0 unspecified atom stereocenters. The number of amides is 1. The minimum Gasteiger partial charge on any atom is -0.461 e. The molecule has 0 fully saturated rings. The Hall–Kier alpha value is -3.40. The standard InChI is InChI=1S/C24H18ClN5O2S2/c25-17-8-10-18(11-9-17)30-22(20-7-4-12-32-20)28-29-24(30)34-15-21-27-19(14-33-21)23(31)26-13-16-5-2-1-3-6-16/h1-12,14H,13,15H2,(H,26,31). The Labute approximate surface area is 208 Å². The molecule has 0 saturated heterocycles. The molecule has 5 aromatic rings. The lowest BCUT2D eigenvalue weighted by molar-refractivity contribution is 0.0946. The number of rotatable bonds is 8. The Morgan fingerprint density at radius 1 is 1.06 bits per heavy atom. The molecule has 1 amide bonds. The summed E-state index contributed by atoms with van der Waals surface area (Å²) >= 11 is 9.00. The van der Waals surface area contributed by atoms with Gasteiger partial charge in [0.2, 0.25) is 5.82 Å². The Morgan fingerprint density at radius 2 is 1.88 bits per heavy atom. The number of furan rings is 1. The monoisotopic (exact) mass is 507 g/mol. The summed E-state index contributed by atoms with van der Waals surface area (Å²) in [4.78, 5) is 17.0. The molecular formula is C24H18ClN5O2S2. The molecule has 3 aromatic heterocycles. The van der Waals surface area contributed by atoms with E-state index >= 15 is 0 Å². The van der Waals surface area contributed by atoms with E-state index in [4.69, 9.17) is 16.0 Å². The van der Waals surface area contributed by atoms with Crippen molar-refractivity contribution in [2.24, 2.45) is 0 Å². The van der Waals surface area contributed by atoms with E-state index in [0.29, 0.717) is 39.8 Å². The first-order valence-electron chi connectivity index (χ1n) is 10.3. The highest BCUT2D eigenvalue weighted by Gasteiger charge is 2.19. The number of carbonyl (C=O) groups excluding carboxylic acids is 1. The Bertz CT molecular complexity index is 1380. The molecule has 2 aromatic carbocycles. The lowest BCUT2D eigenvalue weighted by Crippen LogP contribution is -2.23. The molecule has 0 aliphatic heterocycles. The first kappa shape index (κ1) is 22.4. The summed E-state index contributed by atoms with van der Waals surface area (Å²) in [7, 11) is 0. The number of thioether (sulfide) groups is 1. The highest BCUT2D eigenvalue weighted by atomic mass is 35.5. The van der Waals surface area contributed by atoms with Crippen molar-refractivity contribution in [2.45, 2.75) is 17.5 Å². The zero-order valence-corrected chi connectivity index (χ0v) is 20.1. The van der Waals surface area contributed by atoms with E-state index in [9.17, 15) is 4.79 Å². The van der Waals surface area contributed by atoms with Gasteiger partial charge in [0.15, 0.2) is 10.9 Å². The van der Waals surface area contributed by atoms with Gasteiger partial charge < -0.3 is 9.73 Å². The fraction of sp³-hybridized carbons (Fsp3) is 0.0833. The maximum atomic E-state index is 12.5. The maximum Gasteiger partial charge on any atom is 0.271 e. The van der Waals surface area contributed by atoms with Crippen molar-refractivity contribution in [1.82, 2.24) is 25.1 Å². The largest absolute Gasteiger partial charge is 0.461 e. The van der Waals surface area contributed by atoms with Gasteiger partial charge in [-0.3, -0.25) is 9.36 Å². The van der Waals surface area contributed by atoms with Crippen LogP contribution in [0.2, 0.25) is 5.02 Å². The summed E-state index contributed by atoms with van der Waals surface area (Å²) in [5.74, 6) is 1.55. The number of carbonyl (C=O) groups is 1. The van der Waals surface area contributed by atoms with Crippen LogP contribution in [0, 0.1) is 0 Å². The van der Waals surface area contributed by atoms with Gasteiger partial charge in [-0.1, -0.05) is 53.7 Å². The highest BCUT2D eigenvalue weighted by molar-refractivity contribution is 7.98. The number of nitrogens with zero attached hydrogens (tertiary/aromatic N) is 4. The molecule has 10 heteroatoms. The molecule has 0 aliphatic carbocycles. The van der Waals surface area contributed by atoms with Gasteiger partial charge in [0.1, 0.15) is 10.7 Å². The number of nitrogens with one attached hydrogen (secondary N) is 1. The smallest absolute Gasteiger partial charge is 0.271 e. The van der Waals surface area contributed by atoms with Crippen LogP contribution >= 0.6 is 34.7 Å². The summed E-state index contributed by atoms with van der Waals surface area (Å²) in [6.45, 7) is 0.459. The van der Waals surface area contributed by atoms with Crippen LogP contribution < -0.4 is 5.32 Å². The Balaban J connectivity index is 1.30. The number of aromatic nitrogens is 4. The van der Waals surface area contributed by atoms with Crippen molar-refractivity contribution in [3.8, 4) is 17.3 Å². The van der Waals surface area contributed by atoms with Gasteiger partial charge in [-0.25, -0.2) is 4.98 Å². The molecule has 34 heavy (non-hydrogen) atoms. The van der Waals surface area contributed by atoms with E-state index in [1.54, 1.807) is 11.6 Å². The van der Waals surface area contributed by atoms with Crippen LogP contribution in [-0.4, -0.2) is 25.7 Å². The summed E-state index contributed by atoms with van der Waals surface area (Å²) < 4.78 is 7.47. The van der Waals surface area contributed by atoms with Gasteiger partial charge in [0.05, 0.1) is 12.0 Å². The Kier molecular flexibility index (Phi) is 6.75. The number of benzene rings is 2. The topological polar surface area (TPSA) is 85.8 Å². The van der Waals surface area contributed by atoms with Crippen LogP contribution in [0.3, 0.4) is 0 Å². The second-order valence-electron chi connectivity index (χ2n) is 7.18. The summed E-state index contributed by atoms with van der Waals surface area (Å²) in [6.07, 6.45) is 1.60. The van der Waals surface area contributed by atoms with Crippen LogP contribution in [-0.2, 0) is 12.3 Å². The third-order valence-corrected chi connectivity index (χ3v) is 7.09. The average Bonchev–Trinajstić information content (AvgIpc) is 3.63. The molecule has 5 rings (SSSR count). The molecule has 0 saturated carbocycles. The second kappa shape index (κ2) is 10.3. The first-order chi connectivity index (χ1) is 16.7. The molecular weight excluding hydrogens is 490 g/mol. The van der Waals surface area contributed by atoms with Gasteiger partial charge in [-0.05, 0) is 42.0 Å². The third-order valence-electron chi connectivity index (χ3n) is 4.86. The Morgan fingerprint density at radius 3 is 2.65 bits per heavy atom. The normalized spacial score (nSPS) is 11.0. The quantitative estimate of drug-likeness (QED) is 0.265. The number of thiazole rings is 1. The summed E-state index contributed by atoms with van der Waals surface area (Å²) in [5.41, 5.74) is 2.31. The third kappa shape index (κ3) is 5.06. The van der Waals surface area contributed by atoms with Crippen molar-refractivity contribution in [3.63, 3.8) is 0 Å². The van der Waals surface area contributed by atoms with Crippen LogP contribution in [0.25, 0.3) is 17.3 Å². The summed E-state index contributed by atoms with van der Waals surface area (Å²) in [6, 6.07) is 20.9. The SMILES string of the molecule is O=C(NCc1ccccc1)c1csc(CSc2nnc(-c3ccco3)n2-c2ccc(Cl)cc2)n1. The van der Waals surface area contributed by atoms with E-state index in [2.05, 4.69) is 20.5 Å². The van der Waals surface area contributed by atoms with Crippen molar-refractivity contribution < 1.29 is 9.21 Å². The van der Waals surface area contributed by atoms with E-state index in [1.165, 1.54) is 23.1 Å². The molecule has 0 spiro atoms. The van der Waals surface area contributed by atoms with E-state index < -0.39 is 0 Å². The minimum absolute atomic E-state index is 0.194. The van der Waals surface area contributed by atoms with Crippen LogP contribution in [0.15, 0.2) is 87.9 Å². The number of hydrogen-bond acceptors (Lipinski definition) is 7. The van der Waals surface area contributed by atoms with Crippen LogP contribution in [0.1, 0.15) is 21.1 Å². The molecule has 0 bridgehead atoms. The second-order valence-corrected chi connectivity index (χ2v) is 9.50. The minimum atomic E-state index is -0.194. The van der Waals surface area contributed by atoms with Crippen molar-refractivity contribution in [1.29, 1.82) is 0 Å². The number of halogens is 1. The maximum absolute atomic E-state index is 12.5. The zero-order chi connectivity index (χ0) is 23.3. The molecule has 0 aliphatic rings. The van der Waals surface area contributed by atoms with E-state index in [0.717, 1.165) is 16.3 Å². The zero-order valence-electron chi connectivity index (χ0n) is 17.7. The van der Waals surface area contributed by atoms with Gasteiger partial charge in [-0.2, -0.15) is 0 Å². The van der Waals surface area contributed by atoms with Crippen molar-refractivity contribution in [2.75, 3.05) is 0 Å². The molecule has 0 radical (unpaired) electrons. The van der Waals surface area contributed by atoms with Gasteiger partial charge in [0.25, 0.3) is 5.91 Å². The van der Waals surface area contributed by atoms with Gasteiger partial charge >= 0.3 is 0 Å². The molecule has 1 N–H and O–H groups in total. The first-order valence-corrected chi connectivity index (χ1v) is 12.6. The van der Waals surface area contributed by atoms with Gasteiger partial charge in [-0.15, -0.1) is 21.5 Å². The molecule has 0 atom stereocenters. The average molecular weight is 508 g/mol. The predicted octanol–water partition coefficient (Wildman–Crippen LogP) is 5.86. The molecule has 3 heterocycles. The van der Waals surface area contributed by atoms with Crippen molar-refractivity contribution >= 4 is 40.6 Å². The lowest BCUT2D eigenvalue weighted by atomic mass is 10.2. The fourth-order valence-electron chi connectivity index (χ4n) is 3.23. The highest BCUT2D eigenvalue weighted by Crippen LogP contribution is 2.31. The number of hydrogen-bond donors (Lipinski definition) is 1. The van der Waals surface area contributed by atoms with E-state index in [-0.39, 0.29) is 5.91 Å². The predicted molar refractivity (Wildman–Crippen MR) is 133 cm³/mol. The fourth-order valence-corrected chi connectivity index (χ4v) is 5.10. The van der Waals surface area contributed by atoms with Crippen molar-refractivity contribution in [3.05, 3.63) is 99.7 Å². The van der Waals surface area contributed by atoms with Gasteiger partial charge in [0, 0.05) is 22.6 Å². The van der Waals surface area contributed by atoms with Crippen LogP contribution in [0.4, 0.5) is 0 Å².